The van der Waals surface area contributed by atoms with Crippen molar-refractivity contribution in [2.45, 2.75) is 23.5 Å². The molecule has 1 aliphatic heterocycles. The molecule has 1 fully saturated rings. The van der Waals surface area contributed by atoms with Gasteiger partial charge in [0.25, 0.3) is 0 Å². The van der Waals surface area contributed by atoms with Crippen LogP contribution >= 0.6 is 11.6 Å². The second-order valence-electron chi connectivity index (χ2n) is 4.25. The molecule has 104 valence electrons. The summed E-state index contributed by atoms with van der Waals surface area (Å²) >= 11 is 5.67. The summed E-state index contributed by atoms with van der Waals surface area (Å²) in [7, 11) is -3.99. The lowest BCUT2D eigenvalue weighted by atomic mass is 10.2. The van der Waals surface area contributed by atoms with Crippen LogP contribution < -0.4 is 5.11 Å². The Hall–Kier alpha value is -1.15. The fourth-order valence-corrected chi connectivity index (χ4v) is 3.76. The fourth-order valence-electron chi connectivity index (χ4n) is 2.01. The number of carbonyl (C=O) groups is 1. The number of nitrogens with zero attached hydrogens (tertiary/aromatic N) is 1. The predicted octanol–water partition coefficient (Wildman–Crippen LogP) is -0.786. The van der Waals surface area contributed by atoms with Gasteiger partial charge in [-0.3, -0.25) is 0 Å². The molecule has 2 rings (SSSR count). The lowest BCUT2D eigenvalue weighted by Crippen LogP contribution is -2.46. The van der Waals surface area contributed by atoms with Crippen molar-refractivity contribution in [1.82, 2.24) is 4.31 Å². The van der Waals surface area contributed by atoms with Gasteiger partial charge in [0.15, 0.2) is 0 Å². The quantitative estimate of drug-likeness (QED) is 0.789. The standard InChI is InChI=1S/C11H12ClNO5S/c12-7-1-3-9(4-2-7)19(17,18)13-6-8(14)5-10(13)11(15)16/h1-4,8,10,14H,5-6H2,(H,15,16)/p-1/t8-,10+/m1/s1. The molecule has 0 radical (unpaired) electrons. The number of hydrogen-bond acceptors (Lipinski definition) is 5. The van der Waals surface area contributed by atoms with Crippen LogP contribution in [0.2, 0.25) is 5.02 Å². The summed E-state index contributed by atoms with van der Waals surface area (Å²) < 4.78 is 25.3. The van der Waals surface area contributed by atoms with E-state index in [1.165, 1.54) is 24.3 Å². The first-order valence-electron chi connectivity index (χ1n) is 5.48. The van der Waals surface area contributed by atoms with Gasteiger partial charge in [-0.25, -0.2) is 8.42 Å². The molecule has 8 heteroatoms. The van der Waals surface area contributed by atoms with Gasteiger partial charge in [-0.15, -0.1) is 0 Å². The number of halogens is 1. The maximum absolute atomic E-state index is 12.3. The van der Waals surface area contributed by atoms with Crippen LogP contribution in [0.3, 0.4) is 0 Å². The third-order valence-electron chi connectivity index (χ3n) is 2.93. The van der Waals surface area contributed by atoms with Gasteiger partial charge in [0.05, 0.1) is 23.0 Å². The van der Waals surface area contributed by atoms with E-state index in [2.05, 4.69) is 0 Å². The SMILES string of the molecule is O=C([O-])[C@@H]1C[C@@H](O)CN1S(=O)(=O)c1ccc(Cl)cc1. The predicted molar refractivity (Wildman–Crippen MR) is 64.8 cm³/mol. The molecular weight excluding hydrogens is 294 g/mol. The molecule has 0 unspecified atom stereocenters. The first kappa shape index (κ1) is 14.3. The first-order chi connectivity index (χ1) is 8.82. The van der Waals surface area contributed by atoms with Crippen LogP contribution in [-0.4, -0.2) is 42.5 Å². The van der Waals surface area contributed by atoms with Crippen LogP contribution in [-0.2, 0) is 14.8 Å². The Morgan fingerprint density at radius 3 is 2.47 bits per heavy atom. The third kappa shape index (κ3) is 2.74. The summed E-state index contributed by atoms with van der Waals surface area (Å²) in [4.78, 5) is 10.9. The minimum Gasteiger partial charge on any atom is -0.548 e. The zero-order valence-electron chi connectivity index (χ0n) is 9.69. The highest BCUT2D eigenvalue weighted by Crippen LogP contribution is 2.26. The number of hydrogen-bond donors (Lipinski definition) is 1. The third-order valence-corrected chi connectivity index (χ3v) is 5.07. The van der Waals surface area contributed by atoms with Crippen LogP contribution in [0.5, 0.6) is 0 Å². The molecule has 1 saturated heterocycles. The largest absolute Gasteiger partial charge is 0.548 e. The van der Waals surface area contributed by atoms with Crippen molar-refractivity contribution in [3.05, 3.63) is 29.3 Å². The van der Waals surface area contributed by atoms with Crippen molar-refractivity contribution in [1.29, 1.82) is 0 Å². The lowest BCUT2D eigenvalue weighted by Gasteiger charge is -2.24. The Morgan fingerprint density at radius 2 is 1.95 bits per heavy atom. The van der Waals surface area contributed by atoms with Crippen LogP contribution in [0, 0.1) is 0 Å². The molecule has 1 N–H and O–H groups in total. The highest BCUT2D eigenvalue weighted by Gasteiger charge is 2.40. The monoisotopic (exact) mass is 304 g/mol. The molecule has 19 heavy (non-hydrogen) atoms. The summed E-state index contributed by atoms with van der Waals surface area (Å²) in [6.07, 6.45) is -1.18. The molecule has 1 aromatic rings. The van der Waals surface area contributed by atoms with Gasteiger partial charge in [-0.1, -0.05) is 11.6 Å². The van der Waals surface area contributed by atoms with Crippen molar-refractivity contribution in [3.63, 3.8) is 0 Å². The highest BCUT2D eigenvalue weighted by atomic mass is 35.5. The number of aliphatic hydroxyl groups excluding tert-OH is 1. The molecule has 1 aromatic carbocycles. The van der Waals surface area contributed by atoms with Gasteiger partial charge in [0.1, 0.15) is 0 Å². The number of aliphatic carboxylic acids is 1. The van der Waals surface area contributed by atoms with E-state index in [9.17, 15) is 23.4 Å². The van der Waals surface area contributed by atoms with E-state index < -0.39 is 28.1 Å². The molecule has 0 spiro atoms. The number of benzene rings is 1. The van der Waals surface area contributed by atoms with Crippen LogP contribution in [0.4, 0.5) is 0 Å². The van der Waals surface area contributed by atoms with Gasteiger partial charge < -0.3 is 15.0 Å². The van der Waals surface area contributed by atoms with Crippen LogP contribution in [0.15, 0.2) is 29.2 Å². The Bertz CT molecular complexity index is 586. The number of rotatable bonds is 3. The molecule has 1 heterocycles. The summed E-state index contributed by atoms with van der Waals surface area (Å²) in [5, 5.41) is 20.8. The topological polar surface area (TPSA) is 97.7 Å². The zero-order chi connectivity index (χ0) is 14.2. The van der Waals surface area contributed by atoms with E-state index >= 15 is 0 Å². The van der Waals surface area contributed by atoms with Crippen molar-refractivity contribution >= 4 is 27.6 Å². The van der Waals surface area contributed by atoms with E-state index in [1.54, 1.807) is 0 Å². The van der Waals surface area contributed by atoms with Crippen molar-refractivity contribution in [3.8, 4) is 0 Å². The van der Waals surface area contributed by atoms with E-state index in [0.29, 0.717) is 5.02 Å². The van der Waals surface area contributed by atoms with E-state index in [0.717, 1.165) is 4.31 Å². The maximum atomic E-state index is 12.3. The minimum absolute atomic E-state index is 0.0720. The Balaban J connectivity index is 2.38. The number of β-amino-alcohol motifs (C(OH)–C–C–N with tert-alkyl or cyclic N) is 1. The van der Waals surface area contributed by atoms with E-state index in [1.807, 2.05) is 0 Å². The van der Waals surface area contributed by atoms with Crippen LogP contribution in [0.1, 0.15) is 6.42 Å². The van der Waals surface area contributed by atoms with Crippen molar-refractivity contribution in [2.75, 3.05) is 6.54 Å². The lowest BCUT2D eigenvalue weighted by molar-refractivity contribution is -0.309. The average molecular weight is 305 g/mol. The normalized spacial score (nSPS) is 24.5. The number of carbonyl (C=O) groups excluding carboxylic acids is 1. The smallest absolute Gasteiger partial charge is 0.243 e. The Labute approximate surface area is 115 Å². The van der Waals surface area contributed by atoms with E-state index in [-0.39, 0.29) is 17.9 Å². The minimum atomic E-state index is -3.99. The first-order valence-corrected chi connectivity index (χ1v) is 7.30. The molecule has 0 saturated carbocycles. The summed E-state index contributed by atoms with van der Waals surface area (Å²) in [6, 6.07) is 4.02. The second kappa shape index (κ2) is 5.09. The average Bonchev–Trinajstić information content (AvgIpc) is 2.73. The summed E-state index contributed by atoms with van der Waals surface area (Å²) in [6.45, 7) is -0.260. The second-order valence-corrected chi connectivity index (χ2v) is 6.58. The summed E-state index contributed by atoms with van der Waals surface area (Å²) in [5.41, 5.74) is 0. The maximum Gasteiger partial charge on any atom is 0.243 e. The Kier molecular flexibility index (Phi) is 3.82. The molecule has 0 aromatic heterocycles. The zero-order valence-corrected chi connectivity index (χ0v) is 11.3. The van der Waals surface area contributed by atoms with Crippen molar-refractivity contribution < 1.29 is 23.4 Å². The molecule has 6 nitrogen and oxygen atoms in total. The number of carboxylic acid groups (broad SMARTS) is 1. The molecular formula is C11H11ClNO5S-. The molecule has 1 aliphatic rings. The van der Waals surface area contributed by atoms with Gasteiger partial charge in [0.2, 0.25) is 10.0 Å². The number of sulfonamides is 1. The molecule has 2 atom stereocenters. The van der Waals surface area contributed by atoms with Gasteiger partial charge in [0, 0.05) is 11.6 Å². The van der Waals surface area contributed by atoms with Gasteiger partial charge in [-0.05, 0) is 30.7 Å². The Morgan fingerprint density at radius 1 is 1.37 bits per heavy atom. The highest BCUT2D eigenvalue weighted by molar-refractivity contribution is 7.89. The number of aliphatic hydroxyl groups is 1. The number of carboxylic acids is 1. The molecule has 0 bridgehead atoms. The van der Waals surface area contributed by atoms with Gasteiger partial charge >= 0.3 is 0 Å². The fraction of sp³-hybridized carbons (Fsp3) is 0.364. The van der Waals surface area contributed by atoms with E-state index in [4.69, 9.17) is 11.6 Å². The van der Waals surface area contributed by atoms with Gasteiger partial charge in [-0.2, -0.15) is 4.31 Å². The molecule has 0 aliphatic carbocycles. The summed E-state index contributed by atoms with van der Waals surface area (Å²) in [5.74, 6) is -1.52. The van der Waals surface area contributed by atoms with Crippen molar-refractivity contribution in [2.24, 2.45) is 0 Å². The molecule has 0 amide bonds. The van der Waals surface area contributed by atoms with Crippen LogP contribution in [0.25, 0.3) is 0 Å².